The monoisotopic (exact) mass is 453 g/mol. The molecule has 4 aromatic rings. The second kappa shape index (κ2) is 9.38. The van der Waals surface area contributed by atoms with Crippen LogP contribution in [0.2, 0.25) is 0 Å². The molecule has 1 atom stereocenters. The largest absolute Gasteiger partial charge is 0.330 e. The van der Waals surface area contributed by atoms with Crippen LogP contribution in [0.5, 0.6) is 0 Å². The minimum atomic E-state index is -0.325. The van der Waals surface area contributed by atoms with Crippen LogP contribution < -0.4 is 10.6 Å². The van der Waals surface area contributed by atoms with Gasteiger partial charge in [-0.1, -0.05) is 71.1 Å². The molecular weight excluding hydrogens is 434 g/mol. The van der Waals surface area contributed by atoms with Gasteiger partial charge in [-0.3, -0.25) is 4.79 Å². The van der Waals surface area contributed by atoms with Crippen molar-refractivity contribution in [1.29, 1.82) is 0 Å². The summed E-state index contributed by atoms with van der Waals surface area (Å²) in [6.45, 7) is 3.89. The number of anilines is 3. The van der Waals surface area contributed by atoms with Crippen molar-refractivity contribution in [3.05, 3.63) is 65.5 Å². The van der Waals surface area contributed by atoms with Crippen molar-refractivity contribution in [3.8, 4) is 11.3 Å². The molecule has 0 radical (unpaired) electrons. The lowest BCUT2D eigenvalue weighted by molar-refractivity contribution is -0.115. The van der Waals surface area contributed by atoms with Gasteiger partial charge in [-0.15, -0.1) is 21.5 Å². The summed E-state index contributed by atoms with van der Waals surface area (Å²) in [5.74, 6) is -0.114. The summed E-state index contributed by atoms with van der Waals surface area (Å²) < 4.78 is 0.733. The van der Waals surface area contributed by atoms with Crippen LogP contribution in [0.3, 0.4) is 0 Å². The van der Waals surface area contributed by atoms with Gasteiger partial charge in [-0.2, -0.15) is 0 Å². The fraction of sp³-hybridized carbons (Fsp3) is 0.143. The SMILES string of the molecule is Cc1ccc(Nc2nnc(SC(C)C(=O)Nc3nc(-c4ccccc4)cs3)s2)cc1. The zero-order valence-electron chi connectivity index (χ0n) is 16.3. The van der Waals surface area contributed by atoms with E-state index in [-0.39, 0.29) is 11.2 Å². The number of aromatic nitrogens is 3. The number of thiazole rings is 1. The van der Waals surface area contributed by atoms with Gasteiger partial charge >= 0.3 is 0 Å². The maximum atomic E-state index is 12.6. The Hall–Kier alpha value is -2.75. The quantitative estimate of drug-likeness (QED) is 0.343. The fourth-order valence-corrected chi connectivity index (χ4v) is 5.19. The normalized spacial score (nSPS) is 11.8. The van der Waals surface area contributed by atoms with Gasteiger partial charge in [0, 0.05) is 16.6 Å². The number of rotatable bonds is 7. The Morgan fingerprint density at radius 1 is 1.03 bits per heavy atom. The molecule has 6 nitrogen and oxygen atoms in total. The molecule has 9 heteroatoms. The molecule has 0 fully saturated rings. The zero-order chi connectivity index (χ0) is 20.9. The molecule has 0 aliphatic carbocycles. The van der Waals surface area contributed by atoms with E-state index in [1.165, 1.54) is 40.0 Å². The summed E-state index contributed by atoms with van der Waals surface area (Å²) in [5.41, 5.74) is 4.04. The summed E-state index contributed by atoms with van der Waals surface area (Å²) in [4.78, 5) is 17.1. The molecule has 0 aliphatic rings. The van der Waals surface area contributed by atoms with Gasteiger partial charge in [0.2, 0.25) is 11.0 Å². The van der Waals surface area contributed by atoms with Gasteiger partial charge in [-0.25, -0.2) is 4.98 Å². The van der Waals surface area contributed by atoms with E-state index in [0.717, 1.165) is 21.3 Å². The molecule has 2 N–H and O–H groups in total. The minimum absolute atomic E-state index is 0.114. The average Bonchev–Trinajstić information content (AvgIpc) is 3.40. The Labute approximate surface area is 186 Å². The van der Waals surface area contributed by atoms with Crippen LogP contribution in [-0.4, -0.2) is 26.3 Å². The van der Waals surface area contributed by atoms with Gasteiger partial charge in [0.1, 0.15) is 0 Å². The molecule has 0 bridgehead atoms. The van der Waals surface area contributed by atoms with Gasteiger partial charge in [-0.05, 0) is 26.0 Å². The smallest absolute Gasteiger partial charge is 0.239 e. The zero-order valence-corrected chi connectivity index (χ0v) is 18.8. The van der Waals surface area contributed by atoms with Crippen LogP contribution in [-0.2, 0) is 4.79 Å². The summed E-state index contributed by atoms with van der Waals surface area (Å²) >= 11 is 4.21. The molecule has 0 aliphatic heterocycles. The molecule has 30 heavy (non-hydrogen) atoms. The molecule has 0 spiro atoms. The number of aryl methyl sites for hydroxylation is 1. The third kappa shape index (κ3) is 5.24. The van der Waals surface area contributed by atoms with E-state index in [9.17, 15) is 4.79 Å². The molecule has 152 valence electrons. The molecule has 4 rings (SSSR count). The Kier molecular flexibility index (Phi) is 6.41. The number of amides is 1. The predicted molar refractivity (Wildman–Crippen MR) is 126 cm³/mol. The number of carbonyl (C=O) groups is 1. The van der Waals surface area contributed by atoms with Gasteiger partial charge in [0.05, 0.1) is 10.9 Å². The van der Waals surface area contributed by atoms with E-state index in [2.05, 4.69) is 25.8 Å². The number of hydrogen-bond donors (Lipinski definition) is 2. The first kappa shape index (κ1) is 20.5. The van der Waals surface area contributed by atoms with E-state index in [0.29, 0.717) is 10.3 Å². The highest BCUT2D eigenvalue weighted by atomic mass is 32.2. The topological polar surface area (TPSA) is 79.8 Å². The van der Waals surface area contributed by atoms with Crippen molar-refractivity contribution in [2.24, 2.45) is 0 Å². The van der Waals surface area contributed by atoms with Crippen LogP contribution in [0.15, 0.2) is 64.3 Å². The van der Waals surface area contributed by atoms with E-state index in [1.807, 2.05) is 73.8 Å². The fourth-order valence-electron chi connectivity index (χ4n) is 2.55. The lowest BCUT2D eigenvalue weighted by atomic mass is 10.2. The van der Waals surface area contributed by atoms with E-state index in [4.69, 9.17) is 0 Å². The highest BCUT2D eigenvalue weighted by molar-refractivity contribution is 8.02. The molecule has 0 saturated heterocycles. The van der Waals surface area contributed by atoms with Crippen molar-refractivity contribution in [2.75, 3.05) is 10.6 Å². The Bertz CT molecular complexity index is 1130. The lowest BCUT2D eigenvalue weighted by Crippen LogP contribution is -2.22. The summed E-state index contributed by atoms with van der Waals surface area (Å²) in [5, 5.41) is 17.4. The summed E-state index contributed by atoms with van der Waals surface area (Å²) in [7, 11) is 0. The summed E-state index contributed by atoms with van der Waals surface area (Å²) in [6.07, 6.45) is 0. The van der Waals surface area contributed by atoms with Gasteiger partial charge in [0.15, 0.2) is 9.47 Å². The van der Waals surface area contributed by atoms with Crippen molar-refractivity contribution >= 4 is 56.3 Å². The van der Waals surface area contributed by atoms with Crippen LogP contribution in [0.4, 0.5) is 16.0 Å². The first-order valence-corrected chi connectivity index (χ1v) is 11.8. The third-order valence-electron chi connectivity index (χ3n) is 4.16. The number of benzene rings is 2. The highest BCUT2D eigenvalue weighted by Crippen LogP contribution is 2.31. The van der Waals surface area contributed by atoms with Crippen molar-refractivity contribution < 1.29 is 4.79 Å². The van der Waals surface area contributed by atoms with Crippen molar-refractivity contribution in [2.45, 2.75) is 23.4 Å². The van der Waals surface area contributed by atoms with Crippen LogP contribution in [0.25, 0.3) is 11.3 Å². The maximum Gasteiger partial charge on any atom is 0.239 e. The Morgan fingerprint density at radius 2 is 1.80 bits per heavy atom. The van der Waals surface area contributed by atoms with Gasteiger partial charge < -0.3 is 10.6 Å². The first-order valence-electron chi connectivity index (χ1n) is 9.22. The van der Waals surface area contributed by atoms with E-state index in [1.54, 1.807) is 0 Å². The van der Waals surface area contributed by atoms with E-state index >= 15 is 0 Å². The maximum absolute atomic E-state index is 12.6. The molecule has 0 saturated carbocycles. The van der Waals surface area contributed by atoms with Crippen LogP contribution in [0.1, 0.15) is 12.5 Å². The second-order valence-electron chi connectivity index (χ2n) is 6.52. The van der Waals surface area contributed by atoms with Crippen LogP contribution in [0, 0.1) is 6.92 Å². The Morgan fingerprint density at radius 3 is 2.57 bits per heavy atom. The lowest BCUT2D eigenvalue weighted by Gasteiger charge is -2.07. The first-order chi connectivity index (χ1) is 14.6. The average molecular weight is 454 g/mol. The van der Waals surface area contributed by atoms with Crippen molar-refractivity contribution in [1.82, 2.24) is 15.2 Å². The number of hydrogen-bond acceptors (Lipinski definition) is 8. The van der Waals surface area contributed by atoms with Gasteiger partial charge in [0.25, 0.3) is 0 Å². The van der Waals surface area contributed by atoms with Crippen LogP contribution >= 0.6 is 34.4 Å². The Balaban J connectivity index is 1.33. The number of nitrogens with zero attached hydrogens (tertiary/aromatic N) is 3. The molecule has 2 aromatic heterocycles. The predicted octanol–water partition coefficient (Wildman–Crippen LogP) is 5.83. The molecular formula is C21H19N5OS3. The highest BCUT2D eigenvalue weighted by Gasteiger charge is 2.19. The molecule has 2 aromatic carbocycles. The van der Waals surface area contributed by atoms with Crippen molar-refractivity contribution in [3.63, 3.8) is 0 Å². The molecule has 2 heterocycles. The number of carbonyl (C=O) groups excluding carboxylic acids is 1. The number of thioether (sulfide) groups is 1. The minimum Gasteiger partial charge on any atom is -0.330 e. The third-order valence-corrected chi connectivity index (χ3v) is 6.94. The summed E-state index contributed by atoms with van der Waals surface area (Å²) in [6, 6.07) is 18.0. The molecule has 1 unspecified atom stereocenters. The molecule has 1 amide bonds. The second-order valence-corrected chi connectivity index (χ2v) is 9.94. The van der Waals surface area contributed by atoms with E-state index < -0.39 is 0 Å². The number of nitrogens with one attached hydrogen (secondary N) is 2. The standard InChI is InChI=1S/C21H19N5OS3/c1-13-8-10-16(11-9-13)22-20-25-26-21(30-20)29-14(2)18(27)24-19-23-17(12-28-19)15-6-4-3-5-7-15/h3-12,14H,1-2H3,(H,22,25)(H,23,24,27).